The third-order valence-electron chi connectivity index (χ3n) is 2.92. The van der Waals surface area contributed by atoms with E-state index in [1.54, 1.807) is 11.9 Å². The van der Waals surface area contributed by atoms with Crippen LogP contribution in [0.3, 0.4) is 0 Å². The molecule has 0 atom stereocenters. The van der Waals surface area contributed by atoms with Gasteiger partial charge in [0, 0.05) is 19.1 Å². The van der Waals surface area contributed by atoms with Gasteiger partial charge in [0.15, 0.2) is 0 Å². The Hall–Kier alpha value is -0.650. The standard InChI is InChI=1S/C11H25N3O2/c1-11(2,9-15)14(4)8-10(16)13(3)7-5-6-12/h15H,5-9,12H2,1-4H3. The lowest BCUT2D eigenvalue weighted by molar-refractivity contribution is -0.132. The van der Waals surface area contributed by atoms with Gasteiger partial charge in [0.2, 0.25) is 5.91 Å². The minimum absolute atomic E-state index is 0.0310. The molecule has 0 saturated heterocycles. The molecule has 0 spiro atoms. The van der Waals surface area contributed by atoms with Crippen molar-refractivity contribution in [3.8, 4) is 0 Å². The first-order valence-electron chi connectivity index (χ1n) is 5.61. The lowest BCUT2D eigenvalue weighted by Crippen LogP contribution is -2.49. The molecule has 0 rings (SSSR count). The Balaban J connectivity index is 4.13. The predicted octanol–water partition coefficient (Wildman–Crippen LogP) is -0.504. The van der Waals surface area contributed by atoms with E-state index in [-0.39, 0.29) is 18.1 Å². The van der Waals surface area contributed by atoms with Gasteiger partial charge in [0.05, 0.1) is 13.2 Å². The summed E-state index contributed by atoms with van der Waals surface area (Å²) in [7, 11) is 3.61. The van der Waals surface area contributed by atoms with Gasteiger partial charge in [-0.25, -0.2) is 0 Å². The summed E-state index contributed by atoms with van der Waals surface area (Å²) in [5.74, 6) is 0.0532. The maximum absolute atomic E-state index is 11.8. The normalized spacial score (nSPS) is 11.9. The molecule has 0 aliphatic rings. The maximum Gasteiger partial charge on any atom is 0.236 e. The van der Waals surface area contributed by atoms with Gasteiger partial charge in [-0.05, 0) is 33.9 Å². The third-order valence-corrected chi connectivity index (χ3v) is 2.92. The third kappa shape index (κ3) is 4.92. The number of rotatable bonds is 7. The van der Waals surface area contributed by atoms with Crippen molar-refractivity contribution in [2.75, 3.05) is 40.3 Å². The Kier molecular flexibility index (Phi) is 6.55. The molecule has 0 saturated carbocycles. The monoisotopic (exact) mass is 231 g/mol. The second-order valence-electron chi connectivity index (χ2n) is 4.78. The van der Waals surface area contributed by atoms with Crippen LogP contribution in [0, 0.1) is 0 Å². The number of nitrogens with two attached hydrogens (primary N) is 1. The van der Waals surface area contributed by atoms with Gasteiger partial charge in [0.25, 0.3) is 0 Å². The molecular weight excluding hydrogens is 206 g/mol. The number of likely N-dealkylation sites (N-methyl/N-ethyl adjacent to an activating group) is 2. The number of amides is 1. The summed E-state index contributed by atoms with van der Waals surface area (Å²) in [6.45, 7) is 5.43. The van der Waals surface area contributed by atoms with E-state index in [0.717, 1.165) is 6.42 Å². The number of hydrogen-bond donors (Lipinski definition) is 2. The Labute approximate surface area is 98.2 Å². The van der Waals surface area contributed by atoms with E-state index >= 15 is 0 Å². The molecule has 0 radical (unpaired) electrons. The zero-order valence-corrected chi connectivity index (χ0v) is 10.9. The van der Waals surface area contributed by atoms with Crippen molar-refractivity contribution in [2.24, 2.45) is 5.73 Å². The first kappa shape index (κ1) is 15.3. The second kappa shape index (κ2) is 6.83. The quantitative estimate of drug-likeness (QED) is 0.619. The summed E-state index contributed by atoms with van der Waals surface area (Å²) < 4.78 is 0. The molecular formula is C11H25N3O2. The summed E-state index contributed by atoms with van der Waals surface area (Å²) >= 11 is 0. The summed E-state index contributed by atoms with van der Waals surface area (Å²) in [5, 5.41) is 9.17. The van der Waals surface area contributed by atoms with Crippen LogP contribution < -0.4 is 5.73 Å². The molecule has 3 N–H and O–H groups in total. The lowest BCUT2D eigenvalue weighted by Gasteiger charge is -2.34. The van der Waals surface area contributed by atoms with Gasteiger partial charge in [-0.2, -0.15) is 0 Å². The van der Waals surface area contributed by atoms with Crippen molar-refractivity contribution >= 4 is 5.91 Å². The van der Waals surface area contributed by atoms with Gasteiger partial charge in [-0.3, -0.25) is 9.69 Å². The van der Waals surface area contributed by atoms with Crippen LogP contribution in [0.2, 0.25) is 0 Å². The van der Waals surface area contributed by atoms with Crippen LogP contribution in [0.15, 0.2) is 0 Å². The molecule has 0 heterocycles. The van der Waals surface area contributed by atoms with E-state index in [0.29, 0.717) is 19.6 Å². The summed E-state index contributed by atoms with van der Waals surface area (Å²) in [5.41, 5.74) is 5.02. The predicted molar refractivity (Wildman–Crippen MR) is 65.1 cm³/mol. The highest BCUT2D eigenvalue weighted by molar-refractivity contribution is 5.78. The van der Waals surface area contributed by atoms with Gasteiger partial charge in [0.1, 0.15) is 0 Å². The van der Waals surface area contributed by atoms with Crippen molar-refractivity contribution in [1.82, 2.24) is 9.80 Å². The van der Waals surface area contributed by atoms with Crippen LogP contribution in [0.1, 0.15) is 20.3 Å². The van der Waals surface area contributed by atoms with Crippen molar-refractivity contribution in [3.05, 3.63) is 0 Å². The zero-order valence-electron chi connectivity index (χ0n) is 10.9. The molecule has 5 heteroatoms. The van der Waals surface area contributed by atoms with Crippen molar-refractivity contribution in [2.45, 2.75) is 25.8 Å². The number of carbonyl (C=O) groups excluding carboxylic acids is 1. The SMILES string of the molecule is CN(CCCN)C(=O)CN(C)C(C)(C)CO. The van der Waals surface area contributed by atoms with E-state index in [2.05, 4.69) is 0 Å². The van der Waals surface area contributed by atoms with Gasteiger partial charge >= 0.3 is 0 Å². The fraction of sp³-hybridized carbons (Fsp3) is 0.909. The smallest absolute Gasteiger partial charge is 0.236 e. The zero-order chi connectivity index (χ0) is 12.8. The molecule has 0 aliphatic heterocycles. The molecule has 0 bridgehead atoms. The molecule has 1 amide bonds. The van der Waals surface area contributed by atoms with E-state index in [1.807, 2.05) is 25.8 Å². The van der Waals surface area contributed by atoms with Gasteiger partial charge in [-0.15, -0.1) is 0 Å². The highest BCUT2D eigenvalue weighted by atomic mass is 16.3. The van der Waals surface area contributed by atoms with Gasteiger partial charge < -0.3 is 15.7 Å². The number of nitrogens with zero attached hydrogens (tertiary/aromatic N) is 2. The molecule has 0 aromatic carbocycles. The molecule has 96 valence electrons. The topological polar surface area (TPSA) is 69.8 Å². The van der Waals surface area contributed by atoms with Crippen LogP contribution in [0.5, 0.6) is 0 Å². The molecule has 0 unspecified atom stereocenters. The van der Waals surface area contributed by atoms with Crippen molar-refractivity contribution < 1.29 is 9.90 Å². The van der Waals surface area contributed by atoms with Crippen molar-refractivity contribution in [3.63, 3.8) is 0 Å². The summed E-state index contributed by atoms with van der Waals surface area (Å²) in [6, 6.07) is 0. The summed E-state index contributed by atoms with van der Waals surface area (Å²) in [4.78, 5) is 15.3. The minimum atomic E-state index is -0.371. The van der Waals surface area contributed by atoms with Crippen LogP contribution in [0.25, 0.3) is 0 Å². The molecule has 0 aromatic heterocycles. The van der Waals surface area contributed by atoms with Crippen LogP contribution >= 0.6 is 0 Å². The molecule has 0 fully saturated rings. The first-order valence-corrected chi connectivity index (χ1v) is 5.61. The summed E-state index contributed by atoms with van der Waals surface area (Å²) in [6.07, 6.45) is 0.815. The lowest BCUT2D eigenvalue weighted by atomic mass is 10.1. The highest BCUT2D eigenvalue weighted by Gasteiger charge is 2.25. The first-order chi connectivity index (χ1) is 7.35. The van der Waals surface area contributed by atoms with Crippen LogP contribution in [-0.2, 0) is 4.79 Å². The Morgan fingerprint density at radius 3 is 2.38 bits per heavy atom. The highest BCUT2D eigenvalue weighted by Crippen LogP contribution is 2.10. The van der Waals surface area contributed by atoms with Gasteiger partial charge in [-0.1, -0.05) is 0 Å². The number of carbonyl (C=O) groups is 1. The fourth-order valence-corrected chi connectivity index (χ4v) is 1.11. The molecule has 5 nitrogen and oxygen atoms in total. The number of hydrogen-bond acceptors (Lipinski definition) is 4. The maximum atomic E-state index is 11.8. The average molecular weight is 231 g/mol. The van der Waals surface area contributed by atoms with E-state index in [1.165, 1.54) is 0 Å². The van der Waals surface area contributed by atoms with E-state index in [4.69, 9.17) is 5.73 Å². The minimum Gasteiger partial charge on any atom is -0.394 e. The largest absolute Gasteiger partial charge is 0.394 e. The van der Waals surface area contributed by atoms with Crippen molar-refractivity contribution in [1.29, 1.82) is 0 Å². The molecule has 0 aromatic rings. The molecule has 16 heavy (non-hydrogen) atoms. The Morgan fingerprint density at radius 2 is 1.94 bits per heavy atom. The Morgan fingerprint density at radius 1 is 1.38 bits per heavy atom. The van der Waals surface area contributed by atoms with Crippen LogP contribution in [0.4, 0.5) is 0 Å². The van der Waals surface area contributed by atoms with E-state index in [9.17, 15) is 9.90 Å². The molecule has 0 aliphatic carbocycles. The fourth-order valence-electron chi connectivity index (χ4n) is 1.11. The second-order valence-corrected chi connectivity index (χ2v) is 4.78. The number of aliphatic hydroxyl groups is 1. The van der Waals surface area contributed by atoms with Crippen LogP contribution in [-0.4, -0.2) is 66.7 Å². The average Bonchev–Trinajstić information content (AvgIpc) is 2.25. The van der Waals surface area contributed by atoms with E-state index < -0.39 is 0 Å². The number of aliphatic hydroxyl groups excluding tert-OH is 1. The Bertz CT molecular complexity index is 219.